The SMILES string of the molecule is Cc1nc(C(=O)N2CC[C@@]3(CCn4ncnc4[C@@H]3NC(=O)Nc3ccccc3)C2)cs1. The van der Waals surface area contributed by atoms with Crippen LogP contribution in [0.2, 0.25) is 0 Å². The Morgan fingerprint density at radius 1 is 1.19 bits per heavy atom. The molecule has 1 fully saturated rings. The number of nitrogens with one attached hydrogen (secondary N) is 2. The molecule has 160 valence electrons. The van der Waals surface area contributed by atoms with E-state index in [2.05, 4.69) is 25.7 Å². The molecule has 1 aromatic carbocycles. The Kier molecular flexibility index (Phi) is 4.93. The summed E-state index contributed by atoms with van der Waals surface area (Å²) in [6.45, 7) is 3.78. The quantitative estimate of drug-likeness (QED) is 0.656. The fraction of sp³-hybridized carbons (Fsp3) is 0.381. The van der Waals surface area contributed by atoms with E-state index in [4.69, 9.17) is 0 Å². The number of aromatic nitrogens is 4. The molecule has 10 heteroatoms. The highest BCUT2D eigenvalue weighted by atomic mass is 32.1. The summed E-state index contributed by atoms with van der Waals surface area (Å²) in [5, 5.41) is 13.0. The van der Waals surface area contributed by atoms with Gasteiger partial charge in [0, 0.05) is 36.1 Å². The average Bonchev–Trinajstić information content (AvgIpc) is 3.51. The molecule has 3 aromatic rings. The normalized spacial score (nSPS) is 22.4. The summed E-state index contributed by atoms with van der Waals surface area (Å²) in [7, 11) is 0. The number of likely N-dealkylation sites (tertiary alicyclic amines) is 1. The average molecular weight is 438 g/mol. The van der Waals surface area contributed by atoms with Gasteiger partial charge in [0.2, 0.25) is 0 Å². The second-order valence-electron chi connectivity index (χ2n) is 8.08. The lowest BCUT2D eigenvalue weighted by atomic mass is 9.74. The first-order chi connectivity index (χ1) is 15.0. The Morgan fingerprint density at radius 3 is 2.77 bits per heavy atom. The zero-order chi connectivity index (χ0) is 21.4. The van der Waals surface area contributed by atoms with Crippen LogP contribution in [0, 0.1) is 12.3 Å². The van der Waals surface area contributed by atoms with Crippen molar-refractivity contribution < 1.29 is 9.59 Å². The standard InChI is InChI=1S/C21H23N7O2S/c1-14-24-16(11-31-14)19(29)27-9-7-21(12-27)8-10-28-18(22-13-23-28)17(21)26-20(30)25-15-5-3-2-4-6-15/h2-6,11,13,17H,7-10,12H2,1H3,(H2,25,26,30)/t17-,21+/m0/s1. The number of urea groups is 1. The minimum absolute atomic E-state index is 0.0549. The first-order valence-electron chi connectivity index (χ1n) is 10.3. The number of para-hydroxylation sites is 1. The van der Waals surface area contributed by atoms with E-state index < -0.39 is 0 Å². The molecular weight excluding hydrogens is 414 g/mol. The number of thiazole rings is 1. The lowest BCUT2D eigenvalue weighted by molar-refractivity contribution is 0.0730. The molecule has 0 aliphatic carbocycles. The Bertz CT molecular complexity index is 1110. The molecule has 0 unspecified atom stereocenters. The number of nitrogens with zero attached hydrogens (tertiary/aromatic N) is 5. The topological polar surface area (TPSA) is 105 Å². The first kappa shape index (κ1) is 19.7. The van der Waals surface area contributed by atoms with E-state index >= 15 is 0 Å². The highest BCUT2D eigenvalue weighted by Crippen LogP contribution is 2.47. The number of hydrogen-bond acceptors (Lipinski definition) is 6. The smallest absolute Gasteiger partial charge is 0.319 e. The molecule has 2 aliphatic rings. The van der Waals surface area contributed by atoms with Gasteiger partial charge in [-0.3, -0.25) is 4.79 Å². The van der Waals surface area contributed by atoms with Crippen molar-refractivity contribution in [1.29, 1.82) is 0 Å². The van der Waals surface area contributed by atoms with E-state index in [1.54, 1.807) is 0 Å². The van der Waals surface area contributed by atoms with E-state index in [1.165, 1.54) is 17.7 Å². The molecule has 3 amide bonds. The number of hydrogen-bond donors (Lipinski definition) is 2. The molecule has 9 nitrogen and oxygen atoms in total. The van der Waals surface area contributed by atoms with Crippen molar-refractivity contribution >= 4 is 29.0 Å². The number of aryl methyl sites for hydroxylation is 2. The molecule has 31 heavy (non-hydrogen) atoms. The summed E-state index contributed by atoms with van der Waals surface area (Å²) in [6, 6.07) is 8.67. The summed E-state index contributed by atoms with van der Waals surface area (Å²) in [5.41, 5.74) is 0.913. The van der Waals surface area contributed by atoms with Gasteiger partial charge in [0.25, 0.3) is 5.91 Å². The van der Waals surface area contributed by atoms with E-state index in [0.717, 1.165) is 23.7 Å². The minimum atomic E-state index is -0.345. The third-order valence-corrected chi connectivity index (χ3v) is 6.93. The zero-order valence-electron chi connectivity index (χ0n) is 17.1. The van der Waals surface area contributed by atoms with Gasteiger partial charge < -0.3 is 15.5 Å². The van der Waals surface area contributed by atoms with Gasteiger partial charge in [-0.25, -0.2) is 19.4 Å². The van der Waals surface area contributed by atoms with Crippen LogP contribution >= 0.6 is 11.3 Å². The fourth-order valence-corrected chi connectivity index (χ4v) is 5.17. The maximum Gasteiger partial charge on any atom is 0.319 e. The van der Waals surface area contributed by atoms with Crippen molar-refractivity contribution in [3.05, 3.63) is 58.6 Å². The maximum atomic E-state index is 13.0. The Labute approximate surface area is 183 Å². The Balaban J connectivity index is 1.38. The first-order valence-corrected chi connectivity index (χ1v) is 11.1. The number of rotatable bonds is 3. The van der Waals surface area contributed by atoms with Crippen LogP contribution in [0.5, 0.6) is 0 Å². The fourth-order valence-electron chi connectivity index (χ4n) is 4.59. The molecular formula is C21H23N7O2S. The maximum absolute atomic E-state index is 13.0. The largest absolute Gasteiger partial charge is 0.337 e. The molecule has 2 atom stereocenters. The molecule has 2 aliphatic heterocycles. The van der Waals surface area contributed by atoms with Crippen molar-refractivity contribution in [3.63, 3.8) is 0 Å². The van der Waals surface area contributed by atoms with Gasteiger partial charge in [0.05, 0.1) is 11.0 Å². The van der Waals surface area contributed by atoms with Gasteiger partial charge >= 0.3 is 6.03 Å². The molecule has 0 bridgehead atoms. The van der Waals surface area contributed by atoms with E-state index in [1.807, 2.05) is 52.2 Å². The highest BCUT2D eigenvalue weighted by molar-refractivity contribution is 7.09. The van der Waals surface area contributed by atoms with Crippen molar-refractivity contribution in [2.24, 2.45) is 5.41 Å². The van der Waals surface area contributed by atoms with Gasteiger partial charge in [-0.2, -0.15) is 5.10 Å². The van der Waals surface area contributed by atoms with E-state index in [-0.39, 0.29) is 23.4 Å². The summed E-state index contributed by atoms with van der Waals surface area (Å²) in [4.78, 5) is 36.5. The van der Waals surface area contributed by atoms with E-state index in [9.17, 15) is 9.59 Å². The Hall–Kier alpha value is -3.27. The van der Waals surface area contributed by atoms with E-state index in [0.29, 0.717) is 31.0 Å². The lowest BCUT2D eigenvalue weighted by Gasteiger charge is -2.40. The second kappa shape index (κ2) is 7.77. The Morgan fingerprint density at radius 2 is 2.00 bits per heavy atom. The second-order valence-corrected chi connectivity index (χ2v) is 9.14. The number of carbonyl (C=O) groups excluding carboxylic acids is 2. The summed E-state index contributed by atoms with van der Waals surface area (Å²) in [6.07, 6.45) is 3.11. The molecule has 1 spiro atoms. The number of amides is 3. The number of fused-ring (bicyclic) bond motifs is 1. The minimum Gasteiger partial charge on any atom is -0.337 e. The van der Waals surface area contributed by atoms with Gasteiger partial charge in [-0.05, 0) is 31.9 Å². The van der Waals surface area contributed by atoms with Crippen LogP contribution in [0.3, 0.4) is 0 Å². The van der Waals surface area contributed by atoms with Crippen molar-refractivity contribution in [2.75, 3.05) is 18.4 Å². The van der Waals surface area contributed by atoms with Crippen LogP contribution < -0.4 is 10.6 Å². The predicted molar refractivity (Wildman–Crippen MR) is 116 cm³/mol. The van der Waals surface area contributed by atoms with Crippen molar-refractivity contribution in [1.82, 2.24) is 30.0 Å². The molecule has 0 radical (unpaired) electrons. The van der Waals surface area contributed by atoms with Gasteiger partial charge in [0.1, 0.15) is 17.8 Å². The molecule has 2 aromatic heterocycles. The number of anilines is 1. The summed E-state index contributed by atoms with van der Waals surface area (Å²) >= 11 is 1.47. The van der Waals surface area contributed by atoms with Gasteiger partial charge in [-0.1, -0.05) is 18.2 Å². The molecule has 4 heterocycles. The van der Waals surface area contributed by atoms with Crippen LogP contribution in [0.15, 0.2) is 42.0 Å². The molecule has 1 saturated heterocycles. The third kappa shape index (κ3) is 3.67. The highest BCUT2D eigenvalue weighted by Gasteiger charge is 2.51. The van der Waals surface area contributed by atoms with Crippen LogP contribution in [0.25, 0.3) is 0 Å². The monoisotopic (exact) mass is 437 g/mol. The summed E-state index contributed by atoms with van der Waals surface area (Å²) in [5.74, 6) is 0.675. The third-order valence-electron chi connectivity index (χ3n) is 6.16. The number of benzene rings is 1. The lowest BCUT2D eigenvalue weighted by Crippen LogP contribution is -2.49. The van der Waals surface area contributed by atoms with Crippen molar-refractivity contribution in [2.45, 2.75) is 32.4 Å². The summed E-state index contributed by atoms with van der Waals surface area (Å²) < 4.78 is 1.84. The molecule has 0 saturated carbocycles. The van der Waals surface area contributed by atoms with Gasteiger partial charge in [0.15, 0.2) is 0 Å². The van der Waals surface area contributed by atoms with Crippen LogP contribution in [-0.2, 0) is 6.54 Å². The van der Waals surface area contributed by atoms with Gasteiger partial charge in [-0.15, -0.1) is 11.3 Å². The predicted octanol–water partition coefficient (Wildman–Crippen LogP) is 2.84. The zero-order valence-corrected chi connectivity index (χ0v) is 17.9. The van der Waals surface area contributed by atoms with Crippen LogP contribution in [0.1, 0.15) is 40.2 Å². The van der Waals surface area contributed by atoms with Crippen molar-refractivity contribution in [3.8, 4) is 0 Å². The molecule has 5 rings (SSSR count). The number of carbonyl (C=O) groups is 2. The molecule has 2 N–H and O–H groups in total. The van der Waals surface area contributed by atoms with Crippen LogP contribution in [-0.4, -0.2) is 49.7 Å². The van der Waals surface area contributed by atoms with Crippen LogP contribution in [0.4, 0.5) is 10.5 Å².